The van der Waals surface area contributed by atoms with Gasteiger partial charge in [0.2, 0.25) is 10.9 Å². The quantitative estimate of drug-likeness (QED) is 0.784. The van der Waals surface area contributed by atoms with Crippen molar-refractivity contribution in [3.05, 3.63) is 17.9 Å². The number of hydrogen-bond acceptors (Lipinski definition) is 5. The Bertz CT molecular complexity index is 510. The van der Waals surface area contributed by atoms with Gasteiger partial charge in [-0.05, 0) is 32.9 Å². The predicted octanol–water partition coefficient (Wildman–Crippen LogP) is 0.986. The van der Waals surface area contributed by atoms with Gasteiger partial charge in [0, 0.05) is 0 Å². The van der Waals surface area contributed by atoms with Crippen LogP contribution in [0.2, 0.25) is 0 Å². The summed E-state index contributed by atoms with van der Waals surface area (Å²) in [5.74, 6) is -1.80. The molecule has 0 saturated heterocycles. The van der Waals surface area contributed by atoms with Crippen LogP contribution in [0.1, 0.15) is 31.3 Å². The molecule has 1 heterocycles. The van der Waals surface area contributed by atoms with E-state index in [2.05, 4.69) is 4.42 Å². The van der Waals surface area contributed by atoms with Crippen molar-refractivity contribution < 1.29 is 27.6 Å². The molecule has 0 unspecified atom stereocenters. The van der Waals surface area contributed by atoms with Crippen molar-refractivity contribution in [2.75, 3.05) is 0 Å². The largest absolute Gasteiger partial charge is 0.475 e. The number of furan rings is 1. The van der Waals surface area contributed by atoms with Gasteiger partial charge in [-0.1, -0.05) is 4.89 Å². The minimum Gasteiger partial charge on any atom is -0.475 e. The first kappa shape index (κ1) is 13.7. The second-order valence-electron chi connectivity index (χ2n) is 4.23. The molecular formula is C9H13NO6S. The van der Waals surface area contributed by atoms with Gasteiger partial charge in [-0.25, -0.2) is 13.2 Å². The van der Waals surface area contributed by atoms with Crippen molar-refractivity contribution in [2.24, 2.45) is 0 Å². The monoisotopic (exact) mass is 263 g/mol. The molecule has 0 aliphatic carbocycles. The van der Waals surface area contributed by atoms with Gasteiger partial charge in [0.15, 0.2) is 0 Å². The Morgan fingerprint density at radius 1 is 1.41 bits per heavy atom. The number of carbonyl (C=O) groups is 1. The van der Waals surface area contributed by atoms with E-state index in [1.54, 1.807) is 20.8 Å². The van der Waals surface area contributed by atoms with Gasteiger partial charge in [-0.2, -0.15) is 0 Å². The predicted molar refractivity (Wildman–Crippen MR) is 56.8 cm³/mol. The molecule has 0 spiro atoms. The Hall–Kier alpha value is -1.38. The highest BCUT2D eigenvalue weighted by atomic mass is 32.2. The van der Waals surface area contributed by atoms with Crippen LogP contribution in [0.4, 0.5) is 0 Å². The molecule has 0 aliphatic rings. The Kier molecular flexibility index (Phi) is 3.60. The number of nitrogens with one attached hydrogen (secondary N) is 1. The lowest BCUT2D eigenvalue weighted by Gasteiger charge is -2.18. The summed E-state index contributed by atoms with van der Waals surface area (Å²) in [5, 5.41) is 8.07. The van der Waals surface area contributed by atoms with E-state index in [-0.39, 0.29) is 0 Å². The summed E-state index contributed by atoms with van der Waals surface area (Å²) in [5.41, 5.74) is -0.713. The van der Waals surface area contributed by atoms with Gasteiger partial charge < -0.3 is 9.52 Å². The first-order chi connectivity index (χ1) is 7.62. The third-order valence-electron chi connectivity index (χ3n) is 1.51. The lowest BCUT2D eigenvalue weighted by molar-refractivity contribution is -0.0362. The Labute approximate surface area is 98.4 Å². The summed E-state index contributed by atoms with van der Waals surface area (Å²) in [6.07, 6.45) is 0. The van der Waals surface area contributed by atoms with Crippen LogP contribution < -0.4 is 4.89 Å². The number of carboxylic acids is 1. The molecule has 0 atom stereocenters. The zero-order chi connectivity index (χ0) is 13.3. The number of sulfonamides is 1. The molecular weight excluding hydrogens is 250 g/mol. The molecule has 0 amide bonds. The molecule has 1 aromatic heterocycles. The summed E-state index contributed by atoms with van der Waals surface area (Å²) < 4.78 is 27.8. The number of aromatic carboxylic acids is 1. The first-order valence-corrected chi connectivity index (χ1v) is 6.13. The highest BCUT2D eigenvalue weighted by molar-refractivity contribution is 7.89. The van der Waals surface area contributed by atoms with Crippen LogP contribution in [0.3, 0.4) is 0 Å². The van der Waals surface area contributed by atoms with E-state index in [1.807, 2.05) is 4.89 Å². The van der Waals surface area contributed by atoms with Gasteiger partial charge in [0.25, 0.3) is 10.0 Å². The fourth-order valence-electron chi connectivity index (χ4n) is 0.800. The maximum Gasteiger partial charge on any atom is 0.371 e. The summed E-state index contributed by atoms with van der Waals surface area (Å²) in [6.45, 7) is 4.96. The molecule has 96 valence electrons. The Morgan fingerprint density at radius 3 is 2.41 bits per heavy atom. The normalized spacial score (nSPS) is 12.6. The van der Waals surface area contributed by atoms with Crippen molar-refractivity contribution in [1.29, 1.82) is 0 Å². The highest BCUT2D eigenvalue weighted by Crippen LogP contribution is 2.15. The highest BCUT2D eigenvalue weighted by Gasteiger charge is 2.23. The number of carboxylic acid groups (broad SMARTS) is 1. The van der Waals surface area contributed by atoms with Crippen molar-refractivity contribution in [1.82, 2.24) is 4.89 Å². The molecule has 1 aromatic rings. The van der Waals surface area contributed by atoms with Crippen LogP contribution in [-0.2, 0) is 14.9 Å². The summed E-state index contributed by atoms with van der Waals surface area (Å²) in [6, 6.07) is 2.09. The van der Waals surface area contributed by atoms with Crippen molar-refractivity contribution in [2.45, 2.75) is 31.5 Å². The summed E-state index contributed by atoms with van der Waals surface area (Å²) in [4.78, 5) is 17.2. The van der Waals surface area contributed by atoms with Gasteiger partial charge in [0.05, 0.1) is 5.60 Å². The minimum absolute atomic E-state index is 0.457. The average Bonchev–Trinajstić information content (AvgIpc) is 2.63. The fourth-order valence-corrected chi connectivity index (χ4v) is 1.69. The summed E-state index contributed by atoms with van der Waals surface area (Å²) in [7, 11) is -4.01. The molecule has 2 N–H and O–H groups in total. The molecule has 0 aliphatic heterocycles. The zero-order valence-electron chi connectivity index (χ0n) is 9.55. The molecule has 8 heteroatoms. The van der Waals surface area contributed by atoms with Gasteiger partial charge in [0.1, 0.15) is 0 Å². The lowest BCUT2D eigenvalue weighted by atomic mass is 10.2. The van der Waals surface area contributed by atoms with Crippen LogP contribution in [-0.4, -0.2) is 25.1 Å². The molecule has 17 heavy (non-hydrogen) atoms. The third-order valence-corrected chi connectivity index (χ3v) is 2.57. The fraction of sp³-hybridized carbons (Fsp3) is 0.444. The lowest BCUT2D eigenvalue weighted by Crippen LogP contribution is -2.33. The van der Waals surface area contributed by atoms with E-state index in [4.69, 9.17) is 9.94 Å². The standard InChI is InChI=1S/C9H13NO6S/c1-9(2,3)16-10-17(13,14)7-5-4-6(15-7)8(11)12/h4-5,10H,1-3H3,(H,11,12). The van der Waals surface area contributed by atoms with E-state index >= 15 is 0 Å². The van der Waals surface area contributed by atoms with Crippen LogP contribution in [0.5, 0.6) is 0 Å². The average molecular weight is 263 g/mol. The molecule has 0 aromatic carbocycles. The van der Waals surface area contributed by atoms with Gasteiger partial charge >= 0.3 is 5.97 Å². The SMILES string of the molecule is CC(C)(C)ONS(=O)(=O)c1ccc(C(=O)O)o1. The van der Waals surface area contributed by atoms with Crippen LogP contribution in [0.15, 0.2) is 21.6 Å². The van der Waals surface area contributed by atoms with Gasteiger partial charge in [-0.15, -0.1) is 0 Å². The second-order valence-corrected chi connectivity index (χ2v) is 5.80. The molecule has 7 nitrogen and oxygen atoms in total. The van der Waals surface area contributed by atoms with Gasteiger partial charge in [-0.3, -0.25) is 4.84 Å². The van der Waals surface area contributed by atoms with Crippen molar-refractivity contribution >= 4 is 16.0 Å². The Balaban J connectivity index is 2.86. The molecule has 0 bridgehead atoms. The zero-order valence-corrected chi connectivity index (χ0v) is 10.4. The molecule has 0 fully saturated rings. The molecule has 0 radical (unpaired) electrons. The topological polar surface area (TPSA) is 106 Å². The first-order valence-electron chi connectivity index (χ1n) is 4.65. The van der Waals surface area contributed by atoms with Crippen LogP contribution >= 0.6 is 0 Å². The minimum atomic E-state index is -4.01. The number of hydrogen-bond donors (Lipinski definition) is 2. The van der Waals surface area contributed by atoms with Crippen molar-refractivity contribution in [3.63, 3.8) is 0 Å². The third kappa shape index (κ3) is 3.84. The van der Waals surface area contributed by atoms with E-state index in [9.17, 15) is 13.2 Å². The molecule has 0 saturated carbocycles. The molecule has 1 rings (SSSR count). The van der Waals surface area contributed by atoms with E-state index in [0.29, 0.717) is 0 Å². The Morgan fingerprint density at radius 2 is 2.00 bits per heavy atom. The number of rotatable bonds is 4. The maximum atomic E-state index is 11.6. The van der Waals surface area contributed by atoms with Crippen LogP contribution in [0, 0.1) is 0 Å². The second kappa shape index (κ2) is 4.47. The van der Waals surface area contributed by atoms with E-state index in [1.165, 1.54) is 0 Å². The van der Waals surface area contributed by atoms with Crippen molar-refractivity contribution in [3.8, 4) is 0 Å². The maximum absolute atomic E-state index is 11.6. The smallest absolute Gasteiger partial charge is 0.371 e. The summed E-state index contributed by atoms with van der Waals surface area (Å²) >= 11 is 0. The van der Waals surface area contributed by atoms with E-state index in [0.717, 1.165) is 12.1 Å². The van der Waals surface area contributed by atoms with E-state index < -0.39 is 32.4 Å². The van der Waals surface area contributed by atoms with Crippen LogP contribution in [0.25, 0.3) is 0 Å².